The maximum atomic E-state index is 10.9. The first-order valence-electron chi connectivity index (χ1n) is 4.68. The maximum absolute atomic E-state index is 10.9. The molecule has 1 N–H and O–H groups in total. The zero-order chi connectivity index (χ0) is 13.4. The van der Waals surface area contributed by atoms with Crippen molar-refractivity contribution in [3.05, 3.63) is 33.3 Å². The average Bonchev–Trinajstić information content (AvgIpc) is 2.66. The van der Waals surface area contributed by atoms with Crippen molar-refractivity contribution in [2.45, 2.75) is 11.3 Å². The topological polar surface area (TPSA) is 37.3 Å². The van der Waals surface area contributed by atoms with E-state index in [2.05, 4.69) is 38.4 Å². The van der Waals surface area contributed by atoms with Gasteiger partial charge in [0, 0.05) is 10.4 Å². The largest absolute Gasteiger partial charge is 0.481 e. The summed E-state index contributed by atoms with van der Waals surface area (Å²) in [5.41, 5.74) is 0.597. The van der Waals surface area contributed by atoms with Crippen molar-refractivity contribution in [3.8, 4) is 0 Å². The minimum atomic E-state index is -1.25. The third kappa shape index (κ3) is 3.60. The molecule has 0 aromatic rings. The van der Waals surface area contributed by atoms with Crippen LogP contribution < -0.4 is 0 Å². The highest BCUT2D eigenvalue weighted by molar-refractivity contribution is 9.12. The maximum Gasteiger partial charge on any atom is 0.310 e. The van der Waals surface area contributed by atoms with Gasteiger partial charge >= 0.3 is 5.97 Å². The second-order valence-corrected chi connectivity index (χ2v) is 7.41. The van der Waals surface area contributed by atoms with Crippen LogP contribution in [0.15, 0.2) is 33.3 Å². The number of halogens is 4. The Labute approximate surface area is 127 Å². The predicted octanol–water partition coefficient (Wildman–Crippen LogP) is 4.62. The van der Waals surface area contributed by atoms with E-state index in [4.69, 9.17) is 28.3 Å². The molecule has 0 heterocycles. The average molecular weight is 405 g/mol. The molecule has 1 aliphatic rings. The minimum absolute atomic E-state index is 0.445. The fourth-order valence-corrected chi connectivity index (χ4v) is 3.63. The van der Waals surface area contributed by atoms with Crippen LogP contribution >= 0.6 is 55.1 Å². The van der Waals surface area contributed by atoms with E-state index < -0.39 is 22.1 Å². The number of hydrogen-bond acceptors (Lipinski definition) is 1. The van der Waals surface area contributed by atoms with Crippen LogP contribution in [-0.2, 0) is 4.79 Å². The highest BCUT2D eigenvalue weighted by Gasteiger charge is 2.68. The molecule has 17 heavy (non-hydrogen) atoms. The molecule has 2 atom stereocenters. The minimum Gasteiger partial charge on any atom is -0.481 e. The molecule has 2 nitrogen and oxygen atoms in total. The molecule has 1 aliphatic carbocycles. The lowest BCUT2D eigenvalue weighted by Gasteiger charge is -1.99. The predicted molar refractivity (Wildman–Crippen MR) is 77.9 cm³/mol. The smallest absolute Gasteiger partial charge is 0.310 e. The second kappa shape index (κ2) is 5.47. The summed E-state index contributed by atoms with van der Waals surface area (Å²) in [5.74, 6) is -2.23. The molecule has 0 saturated heterocycles. The Balaban J connectivity index is 2.81. The Kier molecular flexibility index (Phi) is 4.92. The van der Waals surface area contributed by atoms with Gasteiger partial charge in [0.25, 0.3) is 0 Å². The van der Waals surface area contributed by atoms with Gasteiger partial charge < -0.3 is 5.11 Å². The van der Waals surface area contributed by atoms with Crippen molar-refractivity contribution in [2.75, 3.05) is 0 Å². The van der Waals surface area contributed by atoms with Crippen LogP contribution in [0.3, 0.4) is 0 Å². The summed E-state index contributed by atoms with van der Waals surface area (Å²) < 4.78 is 0.457. The van der Waals surface area contributed by atoms with E-state index in [0.717, 1.165) is 8.96 Å². The zero-order valence-electron chi connectivity index (χ0n) is 8.88. The molecule has 0 aromatic carbocycles. The van der Waals surface area contributed by atoms with Crippen LogP contribution in [0.4, 0.5) is 0 Å². The molecule has 0 aromatic heterocycles. The van der Waals surface area contributed by atoms with Gasteiger partial charge in [0.1, 0.15) is 4.33 Å². The first kappa shape index (κ1) is 15.3. The molecule has 0 amide bonds. The lowest BCUT2D eigenvalue weighted by molar-refractivity contribution is -0.138. The number of carboxylic acids is 1. The molecule has 1 fully saturated rings. The molecule has 1 saturated carbocycles. The van der Waals surface area contributed by atoms with Gasteiger partial charge in [-0.05, 0) is 29.1 Å². The summed E-state index contributed by atoms with van der Waals surface area (Å²) in [4.78, 5) is 10.9. The number of carboxylic acid groups (broad SMARTS) is 1. The number of carbonyl (C=O) groups is 1. The molecular weight excluding hydrogens is 395 g/mol. The van der Waals surface area contributed by atoms with Crippen molar-refractivity contribution >= 4 is 61.0 Å². The van der Waals surface area contributed by atoms with Gasteiger partial charge in [-0.1, -0.05) is 61.6 Å². The van der Waals surface area contributed by atoms with Crippen molar-refractivity contribution in [1.29, 1.82) is 0 Å². The number of allylic oxidation sites excluding steroid dienone is 5. The quantitative estimate of drug-likeness (QED) is 0.548. The Hall–Kier alpha value is 0.230. The molecule has 0 aliphatic heterocycles. The standard InChI is InChI=1S/C11H10Br2Cl2O2/c1-5(3-7(13)4-6(2)12)8-9(10(16)17)11(8,14)15/h3-4,8-9H,1H2,2H3,(H,16,17)/b6-4+,7-3+. The van der Waals surface area contributed by atoms with Gasteiger partial charge in [-0.15, -0.1) is 0 Å². The lowest BCUT2D eigenvalue weighted by atomic mass is 10.1. The summed E-state index contributed by atoms with van der Waals surface area (Å²) in [6.07, 6.45) is 3.55. The molecule has 0 radical (unpaired) electrons. The van der Waals surface area contributed by atoms with Crippen molar-refractivity contribution in [2.24, 2.45) is 11.8 Å². The molecule has 0 spiro atoms. The van der Waals surface area contributed by atoms with E-state index in [-0.39, 0.29) is 0 Å². The van der Waals surface area contributed by atoms with E-state index in [1.54, 1.807) is 6.08 Å². The molecule has 0 bridgehead atoms. The fraction of sp³-hybridized carbons (Fsp3) is 0.364. The third-order valence-corrected chi connectivity index (χ3v) is 4.01. The van der Waals surface area contributed by atoms with Crippen molar-refractivity contribution in [3.63, 3.8) is 0 Å². The van der Waals surface area contributed by atoms with Crippen LogP contribution in [-0.4, -0.2) is 15.4 Å². The Morgan fingerprint density at radius 3 is 2.24 bits per heavy atom. The summed E-state index contributed by atoms with van der Waals surface area (Å²) in [6.45, 7) is 5.69. The first-order valence-corrected chi connectivity index (χ1v) is 7.02. The van der Waals surface area contributed by atoms with Crippen LogP contribution in [0, 0.1) is 11.8 Å². The highest BCUT2D eigenvalue weighted by atomic mass is 79.9. The third-order valence-electron chi connectivity index (χ3n) is 2.38. The van der Waals surface area contributed by atoms with E-state index in [0.29, 0.717) is 5.57 Å². The van der Waals surface area contributed by atoms with Gasteiger partial charge in [0.05, 0.1) is 5.92 Å². The second-order valence-electron chi connectivity index (χ2n) is 3.80. The number of hydrogen-bond donors (Lipinski definition) is 1. The molecular formula is C11H10Br2Cl2O2. The Bertz CT molecular complexity index is 423. The highest BCUT2D eigenvalue weighted by Crippen LogP contribution is 2.62. The van der Waals surface area contributed by atoms with Gasteiger partial charge in [0.15, 0.2) is 0 Å². The summed E-state index contributed by atoms with van der Waals surface area (Å²) in [7, 11) is 0. The monoisotopic (exact) mass is 402 g/mol. The van der Waals surface area contributed by atoms with Crippen LogP contribution in [0.1, 0.15) is 6.92 Å². The molecule has 2 unspecified atom stereocenters. The zero-order valence-corrected chi connectivity index (χ0v) is 13.6. The molecule has 1 rings (SSSR count). The fourth-order valence-electron chi connectivity index (χ4n) is 1.59. The summed E-state index contributed by atoms with van der Waals surface area (Å²) in [5, 5.41) is 8.93. The van der Waals surface area contributed by atoms with E-state index >= 15 is 0 Å². The Morgan fingerprint density at radius 2 is 1.88 bits per heavy atom. The Morgan fingerprint density at radius 1 is 1.35 bits per heavy atom. The van der Waals surface area contributed by atoms with Crippen LogP contribution in [0.5, 0.6) is 0 Å². The summed E-state index contributed by atoms with van der Waals surface area (Å²) in [6, 6.07) is 0. The first-order chi connectivity index (χ1) is 7.67. The van der Waals surface area contributed by atoms with Gasteiger partial charge in [-0.25, -0.2) is 0 Å². The van der Waals surface area contributed by atoms with Crippen LogP contribution in [0.2, 0.25) is 0 Å². The van der Waals surface area contributed by atoms with E-state index in [1.165, 1.54) is 0 Å². The summed E-state index contributed by atoms with van der Waals surface area (Å²) >= 11 is 18.4. The van der Waals surface area contributed by atoms with Crippen molar-refractivity contribution in [1.82, 2.24) is 0 Å². The van der Waals surface area contributed by atoms with E-state index in [1.807, 2.05) is 13.0 Å². The SMILES string of the molecule is C=C(/C=C(Br)\C=C(/C)Br)C1C(C(=O)O)C1(Cl)Cl. The number of alkyl halides is 2. The molecule has 94 valence electrons. The lowest BCUT2D eigenvalue weighted by Crippen LogP contribution is -2.03. The number of rotatable bonds is 4. The molecule has 6 heteroatoms. The van der Waals surface area contributed by atoms with Crippen LogP contribution in [0.25, 0.3) is 0 Å². The van der Waals surface area contributed by atoms with Gasteiger partial charge in [-0.3, -0.25) is 4.79 Å². The number of aliphatic carboxylic acids is 1. The van der Waals surface area contributed by atoms with Gasteiger partial charge in [0.2, 0.25) is 0 Å². The van der Waals surface area contributed by atoms with E-state index in [9.17, 15) is 4.79 Å². The van der Waals surface area contributed by atoms with Crippen molar-refractivity contribution < 1.29 is 9.90 Å². The van der Waals surface area contributed by atoms with Gasteiger partial charge in [-0.2, -0.15) is 0 Å². The normalized spacial score (nSPS) is 27.8.